The van der Waals surface area contributed by atoms with Gasteiger partial charge < -0.3 is 0 Å². The predicted molar refractivity (Wildman–Crippen MR) is 65.8 cm³/mol. The number of carbonyl (C=O) groups is 3. The molecular weight excluding hydrogens is 273 g/mol. The number of nitrogens with zero attached hydrogens (tertiary/aromatic N) is 1. The number of halogens is 2. The van der Waals surface area contributed by atoms with Crippen molar-refractivity contribution in [1.82, 2.24) is 0 Å². The molecule has 1 aromatic carbocycles. The Morgan fingerprint density at radius 1 is 1.37 bits per heavy atom. The molecule has 0 N–H and O–H groups in total. The van der Waals surface area contributed by atoms with E-state index < -0.39 is 17.5 Å². The molecule has 4 nitrogen and oxygen atoms in total. The van der Waals surface area contributed by atoms with Crippen LogP contribution in [-0.4, -0.2) is 24.0 Å². The lowest BCUT2D eigenvalue weighted by molar-refractivity contribution is -0.121. The highest BCUT2D eigenvalue weighted by molar-refractivity contribution is 6.53. The molecular formula is C13H9ClFNO3. The van der Waals surface area contributed by atoms with Crippen LogP contribution in [0, 0.1) is 11.7 Å². The van der Waals surface area contributed by atoms with Gasteiger partial charge in [0.2, 0.25) is 0 Å². The van der Waals surface area contributed by atoms with Crippen LogP contribution < -0.4 is 4.90 Å². The zero-order valence-corrected chi connectivity index (χ0v) is 10.5. The number of anilines is 1. The Kier molecular flexibility index (Phi) is 2.67. The number of fused-ring (bicyclic) bond motifs is 1. The highest BCUT2D eigenvalue weighted by Gasteiger charge is 2.40. The highest BCUT2D eigenvalue weighted by Crippen LogP contribution is 2.35. The molecule has 0 aromatic heterocycles. The minimum absolute atomic E-state index is 0.0240. The summed E-state index contributed by atoms with van der Waals surface area (Å²) in [5.74, 6) is -2.38. The Hall–Kier alpha value is -1.75. The first-order valence-corrected chi connectivity index (χ1v) is 6.25. The van der Waals surface area contributed by atoms with Gasteiger partial charge in [0.25, 0.3) is 11.7 Å². The molecule has 2 aliphatic rings. The van der Waals surface area contributed by atoms with Crippen molar-refractivity contribution in [3.63, 3.8) is 0 Å². The SMILES string of the molecule is O=C1C(=O)N(CC(=O)C2CC2)c2cc(F)c(Cl)cc21. The van der Waals surface area contributed by atoms with Crippen molar-refractivity contribution in [2.45, 2.75) is 12.8 Å². The third-order valence-corrected chi connectivity index (χ3v) is 3.65. The van der Waals surface area contributed by atoms with Gasteiger partial charge in [-0.15, -0.1) is 0 Å². The van der Waals surface area contributed by atoms with Gasteiger partial charge in [0, 0.05) is 5.92 Å². The molecule has 1 saturated carbocycles. The Morgan fingerprint density at radius 2 is 2.05 bits per heavy atom. The van der Waals surface area contributed by atoms with E-state index in [1.54, 1.807) is 0 Å². The summed E-state index contributed by atoms with van der Waals surface area (Å²) in [6.45, 7) is -0.177. The number of hydrogen-bond acceptors (Lipinski definition) is 3. The summed E-state index contributed by atoms with van der Waals surface area (Å²) < 4.78 is 13.4. The van der Waals surface area contributed by atoms with Crippen molar-refractivity contribution in [2.24, 2.45) is 5.92 Å². The van der Waals surface area contributed by atoms with Crippen molar-refractivity contribution < 1.29 is 18.8 Å². The third kappa shape index (κ3) is 1.94. The normalized spacial score (nSPS) is 17.9. The van der Waals surface area contributed by atoms with Crippen molar-refractivity contribution in [3.05, 3.63) is 28.5 Å². The summed E-state index contributed by atoms with van der Waals surface area (Å²) >= 11 is 5.60. The quantitative estimate of drug-likeness (QED) is 0.796. The first-order valence-electron chi connectivity index (χ1n) is 5.87. The molecule has 1 fully saturated rings. The fraction of sp³-hybridized carbons (Fsp3) is 0.308. The van der Waals surface area contributed by atoms with Gasteiger partial charge >= 0.3 is 0 Å². The van der Waals surface area contributed by atoms with E-state index in [-0.39, 0.29) is 34.5 Å². The second-order valence-corrected chi connectivity index (χ2v) is 5.15. The molecule has 98 valence electrons. The second kappa shape index (κ2) is 4.13. The lowest BCUT2D eigenvalue weighted by atomic mass is 10.1. The lowest BCUT2D eigenvalue weighted by Crippen LogP contribution is -2.35. The van der Waals surface area contributed by atoms with Gasteiger partial charge in [-0.3, -0.25) is 19.3 Å². The maximum atomic E-state index is 13.4. The molecule has 0 bridgehead atoms. The van der Waals surface area contributed by atoms with Crippen LogP contribution in [0.25, 0.3) is 0 Å². The summed E-state index contributed by atoms with van der Waals surface area (Å²) in [6, 6.07) is 2.16. The summed E-state index contributed by atoms with van der Waals surface area (Å²) in [5, 5.41) is -0.213. The van der Waals surface area contributed by atoms with E-state index in [1.165, 1.54) is 0 Å². The fourth-order valence-corrected chi connectivity index (χ4v) is 2.30. The molecule has 19 heavy (non-hydrogen) atoms. The minimum Gasteiger partial charge on any atom is -0.297 e. The van der Waals surface area contributed by atoms with Gasteiger partial charge in [0.15, 0.2) is 5.78 Å². The van der Waals surface area contributed by atoms with Crippen LogP contribution in [0.4, 0.5) is 10.1 Å². The zero-order chi connectivity index (χ0) is 13.7. The number of ketones is 2. The molecule has 1 aromatic rings. The van der Waals surface area contributed by atoms with Crippen LogP contribution in [0.15, 0.2) is 12.1 Å². The standard InChI is InChI=1S/C13H9ClFNO3/c14-8-3-7-10(4-9(8)15)16(13(19)12(7)18)5-11(17)6-1-2-6/h3-4,6H,1-2,5H2. The Balaban J connectivity index is 1.98. The minimum atomic E-state index is -0.800. The Labute approximate surface area is 113 Å². The maximum Gasteiger partial charge on any atom is 0.299 e. The lowest BCUT2D eigenvalue weighted by Gasteiger charge is -2.15. The topological polar surface area (TPSA) is 54.5 Å². The van der Waals surface area contributed by atoms with Gasteiger partial charge in [0.1, 0.15) is 5.82 Å². The van der Waals surface area contributed by atoms with E-state index >= 15 is 0 Å². The molecule has 0 atom stereocenters. The van der Waals surface area contributed by atoms with Crippen molar-refractivity contribution in [2.75, 3.05) is 11.4 Å². The monoisotopic (exact) mass is 281 g/mol. The average molecular weight is 282 g/mol. The van der Waals surface area contributed by atoms with Crippen molar-refractivity contribution >= 4 is 34.8 Å². The molecule has 1 amide bonds. The smallest absolute Gasteiger partial charge is 0.297 e. The highest BCUT2D eigenvalue weighted by atomic mass is 35.5. The molecule has 6 heteroatoms. The Bertz CT molecular complexity index is 625. The predicted octanol–water partition coefficient (Wildman–Crippen LogP) is 1.99. The number of Topliss-reactive ketones (excluding diaryl/α,β-unsaturated/α-hetero) is 2. The van der Waals surface area contributed by atoms with Gasteiger partial charge in [-0.2, -0.15) is 0 Å². The third-order valence-electron chi connectivity index (χ3n) is 3.36. The number of benzene rings is 1. The Morgan fingerprint density at radius 3 is 2.68 bits per heavy atom. The molecule has 0 radical (unpaired) electrons. The van der Waals surface area contributed by atoms with Gasteiger partial charge in [-0.05, 0) is 25.0 Å². The number of hydrogen-bond donors (Lipinski definition) is 0. The van der Waals surface area contributed by atoms with E-state index in [4.69, 9.17) is 11.6 Å². The fourth-order valence-electron chi connectivity index (χ4n) is 2.14. The van der Waals surface area contributed by atoms with E-state index in [9.17, 15) is 18.8 Å². The molecule has 0 saturated heterocycles. The van der Waals surface area contributed by atoms with E-state index in [0.29, 0.717) is 0 Å². The van der Waals surface area contributed by atoms with Gasteiger partial charge in [0.05, 0.1) is 22.8 Å². The van der Waals surface area contributed by atoms with Crippen LogP contribution in [0.5, 0.6) is 0 Å². The van der Waals surface area contributed by atoms with Gasteiger partial charge in [-0.25, -0.2) is 4.39 Å². The molecule has 3 rings (SSSR count). The zero-order valence-electron chi connectivity index (χ0n) is 9.78. The van der Waals surface area contributed by atoms with Crippen molar-refractivity contribution in [3.8, 4) is 0 Å². The summed E-state index contributed by atoms with van der Waals surface area (Å²) in [6.07, 6.45) is 1.63. The molecule has 1 heterocycles. The summed E-state index contributed by atoms with van der Waals surface area (Å²) in [7, 11) is 0. The van der Waals surface area contributed by atoms with E-state index in [2.05, 4.69) is 0 Å². The van der Waals surface area contributed by atoms with Crippen molar-refractivity contribution in [1.29, 1.82) is 0 Å². The first kappa shape index (κ1) is 12.3. The maximum absolute atomic E-state index is 13.4. The molecule has 0 unspecified atom stereocenters. The second-order valence-electron chi connectivity index (χ2n) is 4.74. The number of carbonyl (C=O) groups excluding carboxylic acids is 3. The number of rotatable bonds is 3. The summed E-state index contributed by atoms with van der Waals surface area (Å²) in [5.41, 5.74) is 0.186. The first-order chi connectivity index (χ1) is 8.99. The number of amides is 1. The average Bonchev–Trinajstić information content (AvgIpc) is 3.18. The molecule has 1 aliphatic carbocycles. The van der Waals surface area contributed by atoms with E-state index in [1.807, 2.05) is 0 Å². The van der Waals surface area contributed by atoms with Gasteiger partial charge in [-0.1, -0.05) is 11.6 Å². The molecule has 1 aliphatic heterocycles. The van der Waals surface area contributed by atoms with Crippen LogP contribution in [0.3, 0.4) is 0 Å². The van der Waals surface area contributed by atoms with Crippen LogP contribution in [0.1, 0.15) is 23.2 Å². The summed E-state index contributed by atoms with van der Waals surface area (Å²) in [4.78, 5) is 36.4. The van der Waals surface area contributed by atoms with Crippen LogP contribution in [-0.2, 0) is 9.59 Å². The van der Waals surface area contributed by atoms with Crippen LogP contribution >= 0.6 is 11.6 Å². The van der Waals surface area contributed by atoms with Crippen LogP contribution in [0.2, 0.25) is 5.02 Å². The van der Waals surface area contributed by atoms with E-state index in [0.717, 1.165) is 29.9 Å². The largest absolute Gasteiger partial charge is 0.299 e. The molecule has 0 spiro atoms.